The predicted molar refractivity (Wildman–Crippen MR) is 115 cm³/mol. The van der Waals surface area contributed by atoms with Gasteiger partial charge in [0.15, 0.2) is 6.61 Å². The number of nitrogens with zero attached hydrogens (tertiary/aromatic N) is 3. The minimum atomic E-state index is -0.390. The smallest absolute Gasteiger partial charge is 0.306 e. The number of carbonyl (C=O) groups excluding carboxylic acids is 2. The summed E-state index contributed by atoms with van der Waals surface area (Å²) < 4.78 is 7.00. The van der Waals surface area contributed by atoms with Gasteiger partial charge in [-0.2, -0.15) is 5.10 Å². The minimum absolute atomic E-state index is 0.0141. The number of aromatic nitrogens is 2. The van der Waals surface area contributed by atoms with Crippen molar-refractivity contribution in [3.63, 3.8) is 0 Å². The van der Waals surface area contributed by atoms with Gasteiger partial charge >= 0.3 is 5.97 Å². The molecule has 1 amide bonds. The van der Waals surface area contributed by atoms with Crippen LogP contribution in [-0.4, -0.2) is 39.2 Å². The van der Waals surface area contributed by atoms with Crippen molar-refractivity contribution in [3.05, 3.63) is 84.2 Å². The molecule has 0 saturated heterocycles. The number of esters is 1. The first-order valence-electron chi connectivity index (χ1n) is 10.1. The lowest BCUT2D eigenvalue weighted by Crippen LogP contribution is -2.39. The Kier molecular flexibility index (Phi) is 7.38. The average Bonchev–Trinajstić information content (AvgIpc) is 3.24. The van der Waals surface area contributed by atoms with Gasteiger partial charge in [-0.1, -0.05) is 48.5 Å². The fourth-order valence-corrected chi connectivity index (χ4v) is 3.09. The summed E-state index contributed by atoms with van der Waals surface area (Å²) in [4.78, 5) is 26.4. The monoisotopic (exact) mass is 405 g/mol. The first-order valence-corrected chi connectivity index (χ1v) is 10.1. The van der Waals surface area contributed by atoms with Crippen LogP contribution < -0.4 is 0 Å². The van der Waals surface area contributed by atoms with Crippen molar-refractivity contribution in [1.29, 1.82) is 0 Å². The number of ether oxygens (including phenoxy) is 1. The van der Waals surface area contributed by atoms with Crippen molar-refractivity contribution in [2.75, 3.05) is 6.61 Å². The molecule has 0 aliphatic heterocycles. The van der Waals surface area contributed by atoms with Crippen molar-refractivity contribution < 1.29 is 14.3 Å². The number of benzene rings is 2. The lowest BCUT2D eigenvalue weighted by molar-refractivity contribution is -0.153. The van der Waals surface area contributed by atoms with E-state index in [4.69, 9.17) is 4.74 Å². The van der Waals surface area contributed by atoms with E-state index in [1.807, 2.05) is 80.7 Å². The number of para-hydroxylation sites is 1. The molecule has 6 nitrogen and oxygen atoms in total. The van der Waals surface area contributed by atoms with Gasteiger partial charge in [-0.3, -0.25) is 9.59 Å². The summed E-state index contributed by atoms with van der Waals surface area (Å²) in [6.45, 7) is 4.15. The molecular weight excluding hydrogens is 378 g/mol. The molecule has 2 aromatic carbocycles. The molecule has 0 spiro atoms. The van der Waals surface area contributed by atoms with Crippen LogP contribution in [0, 0.1) is 0 Å². The summed E-state index contributed by atoms with van der Waals surface area (Å²) in [7, 11) is 0. The first kappa shape index (κ1) is 21.3. The fraction of sp³-hybridized carbons (Fsp3) is 0.292. The van der Waals surface area contributed by atoms with Gasteiger partial charge in [-0.25, -0.2) is 4.68 Å². The van der Waals surface area contributed by atoms with Crippen molar-refractivity contribution in [2.24, 2.45) is 0 Å². The Morgan fingerprint density at radius 1 is 1.00 bits per heavy atom. The Bertz CT molecular complexity index is 952. The first-order chi connectivity index (χ1) is 14.5. The van der Waals surface area contributed by atoms with Crippen LogP contribution in [0.5, 0.6) is 0 Å². The molecule has 0 bridgehead atoms. The number of hydrogen-bond acceptors (Lipinski definition) is 4. The summed E-state index contributed by atoms with van der Waals surface area (Å²) in [6.07, 6.45) is 4.35. The molecule has 156 valence electrons. The van der Waals surface area contributed by atoms with Crippen molar-refractivity contribution in [1.82, 2.24) is 14.7 Å². The van der Waals surface area contributed by atoms with E-state index in [1.165, 1.54) is 0 Å². The summed E-state index contributed by atoms with van der Waals surface area (Å²) >= 11 is 0. The number of rotatable bonds is 9. The molecule has 0 aliphatic carbocycles. The van der Waals surface area contributed by atoms with Gasteiger partial charge in [-0.15, -0.1) is 0 Å². The van der Waals surface area contributed by atoms with Gasteiger partial charge in [0.25, 0.3) is 5.91 Å². The maximum atomic E-state index is 12.6. The van der Waals surface area contributed by atoms with Crippen molar-refractivity contribution >= 4 is 11.9 Å². The molecule has 0 unspecified atom stereocenters. The van der Waals surface area contributed by atoms with Crippen LogP contribution >= 0.6 is 0 Å². The Morgan fingerprint density at radius 3 is 2.33 bits per heavy atom. The van der Waals surface area contributed by atoms with E-state index < -0.39 is 0 Å². The molecule has 1 aromatic heterocycles. The molecule has 0 saturated carbocycles. The van der Waals surface area contributed by atoms with E-state index in [-0.39, 0.29) is 30.9 Å². The van der Waals surface area contributed by atoms with Gasteiger partial charge in [0.05, 0.1) is 11.9 Å². The Labute approximate surface area is 177 Å². The second kappa shape index (κ2) is 10.4. The second-order valence-electron chi connectivity index (χ2n) is 7.39. The zero-order chi connectivity index (χ0) is 21.3. The lowest BCUT2D eigenvalue weighted by atomic mass is 10.2. The maximum absolute atomic E-state index is 12.6. The van der Waals surface area contributed by atoms with Crippen LogP contribution in [0.4, 0.5) is 0 Å². The number of aryl methyl sites for hydroxylation is 1. The third-order valence-electron chi connectivity index (χ3n) is 4.77. The molecule has 0 fully saturated rings. The van der Waals surface area contributed by atoms with Crippen LogP contribution in [-0.2, 0) is 27.3 Å². The number of amides is 1. The van der Waals surface area contributed by atoms with E-state index >= 15 is 0 Å². The molecule has 3 rings (SSSR count). The predicted octanol–water partition coefficient (Wildman–Crippen LogP) is 3.79. The molecule has 0 aliphatic rings. The highest BCUT2D eigenvalue weighted by atomic mass is 16.5. The van der Waals surface area contributed by atoms with Gasteiger partial charge in [-0.05, 0) is 43.5 Å². The molecule has 1 heterocycles. The molecule has 0 radical (unpaired) electrons. The van der Waals surface area contributed by atoms with E-state index in [0.717, 1.165) is 16.8 Å². The van der Waals surface area contributed by atoms with E-state index in [0.29, 0.717) is 13.0 Å². The third-order valence-corrected chi connectivity index (χ3v) is 4.77. The fourth-order valence-electron chi connectivity index (χ4n) is 3.09. The van der Waals surface area contributed by atoms with E-state index in [2.05, 4.69) is 5.10 Å². The van der Waals surface area contributed by atoms with E-state index in [1.54, 1.807) is 15.8 Å². The summed E-state index contributed by atoms with van der Waals surface area (Å²) in [5, 5.41) is 4.32. The highest BCUT2D eigenvalue weighted by molar-refractivity contribution is 5.81. The van der Waals surface area contributed by atoms with Crippen molar-refractivity contribution in [3.8, 4) is 5.69 Å². The Balaban J connectivity index is 1.46. The van der Waals surface area contributed by atoms with Gasteiger partial charge < -0.3 is 9.64 Å². The Hall–Kier alpha value is -3.41. The standard InChI is InChI=1S/C24H27N3O3/c1-19(2)26(16-20-9-5-3-6-10-20)23(28)18-30-24(29)14-13-21-15-25-27(17-21)22-11-7-4-8-12-22/h3-12,15,17,19H,13-14,16,18H2,1-2H3. The van der Waals surface area contributed by atoms with Gasteiger partial charge in [0, 0.05) is 25.2 Å². The normalized spacial score (nSPS) is 10.8. The molecular formula is C24H27N3O3. The van der Waals surface area contributed by atoms with E-state index in [9.17, 15) is 9.59 Å². The molecule has 0 N–H and O–H groups in total. The van der Waals surface area contributed by atoms with Crippen LogP contribution in [0.2, 0.25) is 0 Å². The van der Waals surface area contributed by atoms with Gasteiger partial charge in [0.2, 0.25) is 0 Å². The zero-order valence-corrected chi connectivity index (χ0v) is 17.4. The minimum Gasteiger partial charge on any atom is -0.456 e. The largest absolute Gasteiger partial charge is 0.456 e. The maximum Gasteiger partial charge on any atom is 0.306 e. The number of carbonyl (C=O) groups is 2. The quantitative estimate of drug-likeness (QED) is 0.508. The second-order valence-corrected chi connectivity index (χ2v) is 7.39. The van der Waals surface area contributed by atoms with Crippen molar-refractivity contribution in [2.45, 2.75) is 39.3 Å². The lowest BCUT2D eigenvalue weighted by Gasteiger charge is -2.26. The zero-order valence-electron chi connectivity index (χ0n) is 17.4. The third kappa shape index (κ3) is 6.04. The van der Waals surface area contributed by atoms with Crippen LogP contribution in [0.15, 0.2) is 73.1 Å². The van der Waals surface area contributed by atoms with Crippen LogP contribution in [0.25, 0.3) is 5.69 Å². The van der Waals surface area contributed by atoms with Gasteiger partial charge in [0.1, 0.15) is 0 Å². The number of hydrogen-bond donors (Lipinski definition) is 0. The highest BCUT2D eigenvalue weighted by Crippen LogP contribution is 2.11. The molecule has 30 heavy (non-hydrogen) atoms. The highest BCUT2D eigenvalue weighted by Gasteiger charge is 2.19. The SMILES string of the molecule is CC(C)N(Cc1ccccc1)C(=O)COC(=O)CCc1cnn(-c2ccccc2)c1. The van der Waals surface area contributed by atoms with Crippen LogP contribution in [0.1, 0.15) is 31.4 Å². The molecule has 0 atom stereocenters. The summed E-state index contributed by atoms with van der Waals surface area (Å²) in [5.41, 5.74) is 2.94. The summed E-state index contributed by atoms with van der Waals surface area (Å²) in [5.74, 6) is -0.585. The summed E-state index contributed by atoms with van der Waals surface area (Å²) in [6, 6.07) is 19.6. The molecule has 6 heteroatoms. The molecule has 3 aromatic rings. The topological polar surface area (TPSA) is 64.4 Å². The van der Waals surface area contributed by atoms with Crippen LogP contribution in [0.3, 0.4) is 0 Å². The Morgan fingerprint density at radius 2 is 1.67 bits per heavy atom. The average molecular weight is 405 g/mol.